The van der Waals surface area contributed by atoms with E-state index in [1.54, 1.807) is 6.92 Å². The Morgan fingerprint density at radius 3 is 2.65 bits per heavy atom. The van der Waals surface area contributed by atoms with Crippen LogP contribution in [0.5, 0.6) is 0 Å². The van der Waals surface area contributed by atoms with Crippen LogP contribution in [0.1, 0.15) is 13.3 Å². The van der Waals surface area contributed by atoms with Gasteiger partial charge in [0, 0.05) is 18.1 Å². The molecule has 1 atom stereocenters. The van der Waals surface area contributed by atoms with E-state index < -0.39 is 35.0 Å². The van der Waals surface area contributed by atoms with Gasteiger partial charge in [-0.1, -0.05) is 6.92 Å². The highest BCUT2D eigenvalue weighted by Gasteiger charge is 2.17. The van der Waals surface area contributed by atoms with E-state index in [2.05, 4.69) is 5.32 Å². The van der Waals surface area contributed by atoms with Crippen LogP contribution in [0.3, 0.4) is 0 Å². The lowest BCUT2D eigenvalue weighted by molar-refractivity contribution is -0.119. The molecule has 0 radical (unpaired) electrons. The lowest BCUT2D eigenvalue weighted by Gasteiger charge is -2.11. The van der Waals surface area contributed by atoms with Crippen molar-refractivity contribution in [3.05, 3.63) is 29.6 Å². The van der Waals surface area contributed by atoms with Crippen LogP contribution in [-0.4, -0.2) is 12.5 Å². The molecule has 0 fully saturated rings. The largest absolute Gasteiger partial charge is 0.330 e. The third-order valence-electron chi connectivity index (χ3n) is 2.30. The molecule has 0 aliphatic rings. The molecule has 1 aromatic carbocycles. The maximum atomic E-state index is 13.2. The molecule has 0 spiro atoms. The van der Waals surface area contributed by atoms with Gasteiger partial charge in [0.2, 0.25) is 5.91 Å². The monoisotopic (exact) mass is 246 g/mol. The van der Waals surface area contributed by atoms with Gasteiger partial charge >= 0.3 is 0 Å². The minimum Gasteiger partial charge on any atom is -0.330 e. The lowest BCUT2D eigenvalue weighted by Crippen LogP contribution is -2.23. The van der Waals surface area contributed by atoms with Crippen LogP contribution in [0.25, 0.3) is 0 Å². The van der Waals surface area contributed by atoms with Gasteiger partial charge in [0.05, 0.1) is 5.69 Å². The molecule has 0 aromatic heterocycles. The van der Waals surface area contributed by atoms with Crippen LogP contribution in [0.2, 0.25) is 0 Å². The molecule has 3 nitrogen and oxygen atoms in total. The molecule has 6 heteroatoms. The zero-order valence-electron chi connectivity index (χ0n) is 9.27. The molecule has 1 rings (SSSR count). The van der Waals surface area contributed by atoms with Gasteiger partial charge in [0.15, 0.2) is 11.6 Å². The second-order valence-electron chi connectivity index (χ2n) is 3.72. The first-order valence-electron chi connectivity index (χ1n) is 5.11. The zero-order valence-corrected chi connectivity index (χ0v) is 9.27. The number of benzene rings is 1. The highest BCUT2D eigenvalue weighted by molar-refractivity contribution is 5.92. The topological polar surface area (TPSA) is 55.1 Å². The van der Waals surface area contributed by atoms with E-state index in [0.717, 1.165) is 6.07 Å². The predicted octanol–water partition coefficient (Wildman–Crippen LogP) is 2.03. The van der Waals surface area contributed by atoms with E-state index in [1.165, 1.54) is 0 Å². The number of nitrogens with one attached hydrogen (secondary N) is 1. The maximum absolute atomic E-state index is 13.2. The summed E-state index contributed by atoms with van der Waals surface area (Å²) >= 11 is 0. The van der Waals surface area contributed by atoms with Crippen LogP contribution in [0, 0.1) is 23.4 Å². The molecule has 1 aromatic rings. The molecule has 0 saturated heterocycles. The Labute approximate surface area is 96.8 Å². The van der Waals surface area contributed by atoms with Crippen molar-refractivity contribution in [3.63, 3.8) is 0 Å². The smallest absolute Gasteiger partial charge is 0.227 e. The minimum atomic E-state index is -1.34. The molecule has 0 aliphatic carbocycles. The van der Waals surface area contributed by atoms with Gasteiger partial charge in [-0.05, 0) is 13.0 Å². The number of rotatable bonds is 4. The second kappa shape index (κ2) is 5.67. The maximum Gasteiger partial charge on any atom is 0.227 e. The van der Waals surface area contributed by atoms with Crippen molar-refractivity contribution in [2.75, 3.05) is 11.9 Å². The fourth-order valence-corrected chi connectivity index (χ4v) is 1.28. The molecule has 0 aliphatic heterocycles. The Hall–Kier alpha value is -1.56. The summed E-state index contributed by atoms with van der Waals surface area (Å²) in [7, 11) is 0. The standard InChI is InChI=1S/C11H13F3N2O/c1-6(2-3-15)11(17)16-9-5-7(12)4-8(13)10(9)14/h4-6H,2-3,15H2,1H3,(H,16,17). The van der Waals surface area contributed by atoms with Crippen molar-refractivity contribution in [3.8, 4) is 0 Å². The van der Waals surface area contributed by atoms with Crippen molar-refractivity contribution < 1.29 is 18.0 Å². The molecule has 0 bridgehead atoms. The fraction of sp³-hybridized carbons (Fsp3) is 0.364. The third-order valence-corrected chi connectivity index (χ3v) is 2.30. The number of carbonyl (C=O) groups excluding carboxylic acids is 1. The van der Waals surface area contributed by atoms with Crippen molar-refractivity contribution >= 4 is 11.6 Å². The van der Waals surface area contributed by atoms with E-state index in [1.807, 2.05) is 0 Å². The number of hydrogen-bond acceptors (Lipinski definition) is 2. The predicted molar refractivity (Wildman–Crippen MR) is 57.8 cm³/mol. The minimum absolute atomic E-state index is 0.300. The Morgan fingerprint density at radius 2 is 2.06 bits per heavy atom. The normalized spacial score (nSPS) is 12.3. The molecular weight excluding hydrogens is 233 g/mol. The number of amides is 1. The van der Waals surface area contributed by atoms with Gasteiger partial charge in [-0.15, -0.1) is 0 Å². The van der Waals surface area contributed by atoms with Crippen molar-refractivity contribution in [1.82, 2.24) is 0 Å². The number of nitrogens with two attached hydrogens (primary N) is 1. The Morgan fingerprint density at radius 1 is 1.41 bits per heavy atom. The van der Waals surface area contributed by atoms with Crippen LogP contribution >= 0.6 is 0 Å². The average molecular weight is 246 g/mol. The van der Waals surface area contributed by atoms with E-state index >= 15 is 0 Å². The highest BCUT2D eigenvalue weighted by atomic mass is 19.2. The summed E-state index contributed by atoms with van der Waals surface area (Å²) in [5, 5.41) is 2.13. The zero-order chi connectivity index (χ0) is 13.0. The molecular formula is C11H13F3N2O. The molecule has 0 heterocycles. The lowest BCUT2D eigenvalue weighted by atomic mass is 10.1. The summed E-state index contributed by atoms with van der Waals surface area (Å²) in [4.78, 5) is 11.5. The number of carbonyl (C=O) groups is 1. The number of hydrogen-bond donors (Lipinski definition) is 2. The quantitative estimate of drug-likeness (QED) is 0.798. The summed E-state index contributed by atoms with van der Waals surface area (Å²) in [5.74, 6) is -4.55. The third kappa shape index (κ3) is 3.45. The molecule has 94 valence electrons. The first kappa shape index (κ1) is 13.5. The molecule has 1 amide bonds. The SMILES string of the molecule is CC(CCN)C(=O)Nc1cc(F)cc(F)c1F. The Bertz CT molecular complexity index is 423. The highest BCUT2D eigenvalue weighted by Crippen LogP contribution is 2.20. The molecule has 0 saturated carbocycles. The van der Waals surface area contributed by atoms with Crippen LogP contribution in [-0.2, 0) is 4.79 Å². The second-order valence-corrected chi connectivity index (χ2v) is 3.72. The van der Waals surface area contributed by atoms with Crippen LogP contribution < -0.4 is 11.1 Å². The van der Waals surface area contributed by atoms with Gasteiger partial charge < -0.3 is 11.1 Å². The van der Waals surface area contributed by atoms with Gasteiger partial charge in [-0.25, -0.2) is 13.2 Å². The van der Waals surface area contributed by atoms with Crippen LogP contribution in [0.4, 0.5) is 18.9 Å². The first-order valence-corrected chi connectivity index (χ1v) is 5.11. The number of halogens is 3. The van der Waals surface area contributed by atoms with Crippen molar-refractivity contribution in [1.29, 1.82) is 0 Å². The van der Waals surface area contributed by atoms with E-state index in [4.69, 9.17) is 5.73 Å². The van der Waals surface area contributed by atoms with E-state index in [-0.39, 0.29) is 0 Å². The van der Waals surface area contributed by atoms with Crippen molar-refractivity contribution in [2.45, 2.75) is 13.3 Å². The first-order chi connectivity index (χ1) is 7.95. The summed E-state index contributed by atoms with van der Waals surface area (Å²) in [6.07, 6.45) is 0.408. The molecule has 17 heavy (non-hydrogen) atoms. The summed E-state index contributed by atoms with van der Waals surface area (Å²) in [6.45, 7) is 1.89. The Kier molecular flexibility index (Phi) is 4.51. The summed E-state index contributed by atoms with van der Waals surface area (Å²) < 4.78 is 38.9. The van der Waals surface area contributed by atoms with E-state index in [9.17, 15) is 18.0 Å². The summed E-state index contributed by atoms with van der Waals surface area (Å²) in [6, 6.07) is 1.14. The molecule has 3 N–H and O–H groups in total. The number of anilines is 1. The van der Waals surface area contributed by atoms with Gasteiger partial charge in [-0.2, -0.15) is 0 Å². The van der Waals surface area contributed by atoms with E-state index in [0.29, 0.717) is 19.0 Å². The Balaban J connectivity index is 2.85. The van der Waals surface area contributed by atoms with Crippen molar-refractivity contribution in [2.24, 2.45) is 11.7 Å². The molecule has 1 unspecified atom stereocenters. The fourth-order valence-electron chi connectivity index (χ4n) is 1.28. The average Bonchev–Trinajstić information content (AvgIpc) is 2.25. The van der Waals surface area contributed by atoms with Crippen LogP contribution in [0.15, 0.2) is 12.1 Å². The summed E-state index contributed by atoms with van der Waals surface area (Å²) in [5.41, 5.74) is 4.76. The van der Waals surface area contributed by atoms with Gasteiger partial charge in [0.25, 0.3) is 0 Å². The van der Waals surface area contributed by atoms with Gasteiger partial charge in [0.1, 0.15) is 5.82 Å². The van der Waals surface area contributed by atoms with Gasteiger partial charge in [-0.3, -0.25) is 4.79 Å².